The largest absolute Gasteiger partial charge is 0.368 e. The first-order valence-electron chi connectivity index (χ1n) is 8.07. The molecule has 1 aromatic heterocycles. The number of fused-ring (bicyclic) bond motifs is 3. The second kappa shape index (κ2) is 6.19. The van der Waals surface area contributed by atoms with Crippen LogP contribution in [0.2, 0.25) is 0 Å². The van der Waals surface area contributed by atoms with Gasteiger partial charge in [-0.25, -0.2) is 14.4 Å². The number of ketones is 1. The monoisotopic (exact) mass is 399 g/mol. The lowest BCUT2D eigenvalue weighted by molar-refractivity contribution is 0.104. The fourth-order valence-corrected chi connectivity index (χ4v) is 4.00. The molecule has 0 fully saturated rings. The molecule has 0 aliphatic heterocycles. The Morgan fingerprint density at radius 1 is 1.16 bits per heavy atom. The van der Waals surface area contributed by atoms with Crippen molar-refractivity contribution in [3.8, 4) is 11.3 Å². The van der Waals surface area contributed by atoms with Crippen LogP contribution in [0, 0.1) is 5.82 Å². The van der Waals surface area contributed by atoms with Gasteiger partial charge in [0.2, 0.25) is 5.95 Å². The third-order valence-electron chi connectivity index (χ3n) is 4.57. The molecule has 1 heterocycles. The maximum atomic E-state index is 13.3. The molecule has 126 valence electrons. The lowest BCUT2D eigenvalue weighted by Gasteiger charge is -2.10. The molecule has 2 N–H and O–H groups in total. The summed E-state index contributed by atoms with van der Waals surface area (Å²) in [5.74, 6) is -0.312. The second-order valence-corrected chi connectivity index (χ2v) is 6.67. The van der Waals surface area contributed by atoms with E-state index in [4.69, 9.17) is 5.73 Å². The molecule has 4 rings (SSSR count). The Bertz CT molecular complexity index is 948. The number of carbonyl (C=O) groups excluding carboxylic acids is 1. The van der Waals surface area contributed by atoms with E-state index >= 15 is 0 Å². The smallest absolute Gasteiger partial charge is 0.221 e. The first-order chi connectivity index (χ1) is 12.1. The number of nitrogen functional groups attached to an aromatic ring is 1. The van der Waals surface area contributed by atoms with E-state index in [-0.39, 0.29) is 17.5 Å². The molecule has 0 atom stereocenters. The molecule has 25 heavy (non-hydrogen) atoms. The second-order valence-electron chi connectivity index (χ2n) is 6.11. The Morgan fingerprint density at radius 3 is 2.60 bits per heavy atom. The van der Waals surface area contributed by atoms with Gasteiger partial charge in [-0.15, -0.1) is 0 Å². The van der Waals surface area contributed by atoms with Crippen LogP contribution in [0.1, 0.15) is 35.3 Å². The van der Waals surface area contributed by atoms with Gasteiger partial charge < -0.3 is 5.73 Å². The van der Waals surface area contributed by atoms with Gasteiger partial charge in [0, 0.05) is 22.0 Å². The lowest BCUT2D eigenvalue weighted by Crippen LogP contribution is -2.05. The average Bonchev–Trinajstić information content (AvgIpc) is 2.76. The highest BCUT2D eigenvalue weighted by atomic mass is 79.9. The number of benzene rings is 1. The van der Waals surface area contributed by atoms with Crippen LogP contribution in [0.4, 0.5) is 10.3 Å². The van der Waals surface area contributed by atoms with Gasteiger partial charge in [-0.1, -0.05) is 22.0 Å². The van der Waals surface area contributed by atoms with Crippen molar-refractivity contribution in [2.24, 2.45) is 0 Å². The van der Waals surface area contributed by atoms with Crippen LogP contribution in [0.25, 0.3) is 16.8 Å². The van der Waals surface area contributed by atoms with Crippen molar-refractivity contribution in [2.45, 2.75) is 19.3 Å². The first-order valence-corrected chi connectivity index (χ1v) is 9.19. The number of hydrogen-bond acceptors (Lipinski definition) is 4. The predicted molar refractivity (Wildman–Crippen MR) is 98.8 cm³/mol. The van der Waals surface area contributed by atoms with Crippen molar-refractivity contribution in [3.63, 3.8) is 0 Å². The van der Waals surface area contributed by atoms with Crippen LogP contribution in [0.3, 0.4) is 0 Å². The highest BCUT2D eigenvalue weighted by Crippen LogP contribution is 2.44. The quantitative estimate of drug-likeness (QED) is 0.763. The predicted octanol–water partition coefficient (Wildman–Crippen LogP) is 4.32. The molecule has 2 aliphatic carbocycles. The molecule has 6 heteroatoms. The first kappa shape index (κ1) is 16.1. The number of allylic oxidation sites excluding steroid dienone is 4. The fraction of sp³-hybridized carbons (Fsp3) is 0.211. The zero-order chi connectivity index (χ0) is 17.6. The van der Waals surface area contributed by atoms with Gasteiger partial charge in [0.25, 0.3) is 0 Å². The summed E-state index contributed by atoms with van der Waals surface area (Å²) >= 11 is 3.53. The third-order valence-corrected chi connectivity index (χ3v) is 5.24. The van der Waals surface area contributed by atoms with E-state index in [9.17, 15) is 9.18 Å². The van der Waals surface area contributed by atoms with E-state index in [2.05, 4.69) is 25.9 Å². The van der Waals surface area contributed by atoms with Crippen molar-refractivity contribution < 1.29 is 9.18 Å². The van der Waals surface area contributed by atoms with Crippen LogP contribution in [0.5, 0.6) is 0 Å². The summed E-state index contributed by atoms with van der Waals surface area (Å²) in [6.45, 7) is 0. The van der Waals surface area contributed by atoms with E-state index in [1.807, 2.05) is 6.08 Å². The number of Topliss-reactive ketones (excluding diaryl/α,β-unsaturated/α-hetero) is 1. The topological polar surface area (TPSA) is 68.9 Å². The van der Waals surface area contributed by atoms with Crippen LogP contribution >= 0.6 is 15.9 Å². The number of hydrogen-bond donors (Lipinski definition) is 1. The summed E-state index contributed by atoms with van der Waals surface area (Å²) in [5.41, 5.74) is 10.8. The molecule has 0 bridgehead atoms. The van der Waals surface area contributed by atoms with Crippen molar-refractivity contribution >= 4 is 33.2 Å². The number of rotatable bonds is 2. The minimum atomic E-state index is -0.342. The Morgan fingerprint density at radius 2 is 1.88 bits per heavy atom. The van der Waals surface area contributed by atoms with Gasteiger partial charge in [-0.05, 0) is 49.1 Å². The standard InChI is InChI=1S/C19H15BrFN3O/c20-9-11-3-1-2-4-13-14(11)17-15(18(13)25)16(23-19(22)24-17)10-5-7-12(21)8-6-10/h4-8H,1-3,9H2,(H2,22,23,24). The molecule has 0 amide bonds. The maximum Gasteiger partial charge on any atom is 0.221 e. The summed E-state index contributed by atoms with van der Waals surface area (Å²) in [4.78, 5) is 21.8. The molecule has 2 aliphatic rings. The zero-order valence-corrected chi connectivity index (χ0v) is 14.9. The number of anilines is 1. The van der Waals surface area contributed by atoms with E-state index in [1.165, 1.54) is 12.1 Å². The minimum absolute atomic E-state index is 0.0790. The summed E-state index contributed by atoms with van der Waals surface area (Å²) in [5, 5.41) is 0.683. The van der Waals surface area contributed by atoms with Gasteiger partial charge >= 0.3 is 0 Å². The zero-order valence-electron chi connectivity index (χ0n) is 13.4. The number of halogens is 2. The highest BCUT2D eigenvalue weighted by Gasteiger charge is 2.37. The van der Waals surface area contributed by atoms with Crippen LogP contribution in [-0.4, -0.2) is 21.1 Å². The number of aromatic nitrogens is 2. The third kappa shape index (κ3) is 2.61. The molecule has 2 aromatic rings. The molecule has 0 saturated heterocycles. The number of carbonyl (C=O) groups is 1. The molecule has 0 radical (unpaired) electrons. The molecular formula is C19H15BrFN3O. The normalized spacial score (nSPS) is 16.4. The van der Waals surface area contributed by atoms with Gasteiger partial charge in [-0.2, -0.15) is 0 Å². The van der Waals surface area contributed by atoms with E-state index in [0.29, 0.717) is 33.4 Å². The van der Waals surface area contributed by atoms with Gasteiger partial charge in [0.1, 0.15) is 5.82 Å². The van der Waals surface area contributed by atoms with Crippen molar-refractivity contribution in [1.82, 2.24) is 9.97 Å². The molecule has 0 unspecified atom stereocenters. The van der Waals surface area contributed by atoms with E-state index < -0.39 is 0 Å². The van der Waals surface area contributed by atoms with Crippen LogP contribution in [0.15, 0.2) is 41.5 Å². The van der Waals surface area contributed by atoms with Crippen LogP contribution in [-0.2, 0) is 0 Å². The molecule has 0 saturated carbocycles. The van der Waals surface area contributed by atoms with Gasteiger partial charge in [0.05, 0.1) is 17.0 Å². The number of nitrogens with zero attached hydrogens (tertiary/aromatic N) is 2. The van der Waals surface area contributed by atoms with Crippen LogP contribution < -0.4 is 5.73 Å². The van der Waals surface area contributed by atoms with Crippen molar-refractivity contribution in [1.29, 1.82) is 0 Å². The molecule has 4 nitrogen and oxygen atoms in total. The summed E-state index contributed by atoms with van der Waals surface area (Å²) < 4.78 is 13.3. The Kier molecular flexibility index (Phi) is 4.00. The van der Waals surface area contributed by atoms with E-state index in [0.717, 1.165) is 30.4 Å². The Hall–Kier alpha value is -2.34. The number of nitrogens with two attached hydrogens (primary N) is 1. The van der Waals surface area contributed by atoms with Gasteiger partial charge in [0.15, 0.2) is 5.78 Å². The molecular weight excluding hydrogens is 385 g/mol. The van der Waals surface area contributed by atoms with E-state index in [1.54, 1.807) is 12.1 Å². The Balaban J connectivity index is 2.02. The average molecular weight is 400 g/mol. The fourth-order valence-electron chi connectivity index (χ4n) is 3.44. The maximum absolute atomic E-state index is 13.3. The van der Waals surface area contributed by atoms with Crippen molar-refractivity contribution in [2.75, 3.05) is 11.1 Å². The number of alkyl halides is 1. The van der Waals surface area contributed by atoms with Gasteiger partial charge in [-0.3, -0.25) is 4.79 Å². The summed E-state index contributed by atoms with van der Waals surface area (Å²) in [6.07, 6.45) is 4.74. The summed E-state index contributed by atoms with van der Waals surface area (Å²) in [6, 6.07) is 5.90. The summed E-state index contributed by atoms with van der Waals surface area (Å²) in [7, 11) is 0. The Labute approximate surface area is 152 Å². The SMILES string of the molecule is Nc1nc2c(c(-c3ccc(F)cc3)n1)C(=O)C1=CCCCC(CBr)=C12. The molecule has 1 aromatic carbocycles. The molecule has 0 spiro atoms. The highest BCUT2D eigenvalue weighted by molar-refractivity contribution is 9.09. The minimum Gasteiger partial charge on any atom is -0.368 e. The lowest BCUT2D eigenvalue weighted by atomic mass is 10.0. The van der Waals surface area contributed by atoms with Crippen molar-refractivity contribution in [3.05, 3.63) is 58.6 Å².